The van der Waals surface area contributed by atoms with Crippen LogP contribution in [0, 0.1) is 0 Å². The minimum atomic E-state index is -0.0220. The maximum absolute atomic E-state index is 11.9. The van der Waals surface area contributed by atoms with E-state index in [2.05, 4.69) is 21.2 Å². The summed E-state index contributed by atoms with van der Waals surface area (Å²) in [5.74, 6) is 0.00518. The topological polar surface area (TPSA) is 47.6 Å². The van der Waals surface area contributed by atoms with Crippen molar-refractivity contribution in [3.05, 3.63) is 34.3 Å². The van der Waals surface area contributed by atoms with Crippen LogP contribution in [0.1, 0.15) is 37.8 Å². The molecular weight excluding hydrogens is 334 g/mol. The number of carbonyl (C=O) groups excluding carboxylic acids is 1. The lowest BCUT2D eigenvalue weighted by Gasteiger charge is -2.16. The second-order valence-electron chi connectivity index (χ2n) is 5.27. The number of rotatable bonds is 7. The van der Waals surface area contributed by atoms with Crippen molar-refractivity contribution in [2.75, 3.05) is 19.8 Å². The van der Waals surface area contributed by atoms with Crippen LogP contribution in [0.3, 0.4) is 0 Å². The van der Waals surface area contributed by atoms with Crippen LogP contribution >= 0.6 is 15.9 Å². The third kappa shape index (κ3) is 5.41. The van der Waals surface area contributed by atoms with E-state index in [1.54, 1.807) is 0 Å². The average Bonchev–Trinajstić information content (AvgIpc) is 2.97. The van der Waals surface area contributed by atoms with Crippen molar-refractivity contribution in [2.24, 2.45) is 0 Å². The Bertz CT molecular complexity index is 461. The summed E-state index contributed by atoms with van der Waals surface area (Å²) in [6.07, 6.45) is 2.76. The normalized spacial score (nSPS) is 19.4. The molecule has 1 aromatic rings. The molecule has 21 heavy (non-hydrogen) atoms. The van der Waals surface area contributed by atoms with Crippen LogP contribution in [-0.2, 0) is 14.3 Å². The average molecular weight is 356 g/mol. The third-order valence-corrected chi connectivity index (χ3v) is 4.27. The van der Waals surface area contributed by atoms with Crippen LogP contribution in [-0.4, -0.2) is 31.8 Å². The van der Waals surface area contributed by atoms with Gasteiger partial charge in [0.05, 0.1) is 25.4 Å². The molecule has 0 aromatic heterocycles. The highest BCUT2D eigenvalue weighted by Crippen LogP contribution is 2.22. The Balaban J connectivity index is 1.65. The Morgan fingerprint density at radius 1 is 1.52 bits per heavy atom. The van der Waals surface area contributed by atoms with Crippen molar-refractivity contribution in [3.8, 4) is 0 Å². The van der Waals surface area contributed by atoms with E-state index >= 15 is 0 Å². The molecule has 1 N–H and O–H groups in total. The molecule has 0 radical (unpaired) electrons. The highest BCUT2D eigenvalue weighted by Gasteiger charge is 2.16. The van der Waals surface area contributed by atoms with Crippen molar-refractivity contribution in [3.63, 3.8) is 0 Å². The van der Waals surface area contributed by atoms with E-state index in [9.17, 15) is 4.79 Å². The molecule has 4 nitrogen and oxygen atoms in total. The van der Waals surface area contributed by atoms with Gasteiger partial charge in [-0.1, -0.05) is 34.1 Å². The van der Waals surface area contributed by atoms with Gasteiger partial charge in [-0.2, -0.15) is 0 Å². The first-order valence-electron chi connectivity index (χ1n) is 7.40. The number of nitrogens with one attached hydrogen (secondary N) is 1. The zero-order valence-corrected chi connectivity index (χ0v) is 13.9. The van der Waals surface area contributed by atoms with Crippen molar-refractivity contribution < 1.29 is 14.3 Å². The fourth-order valence-corrected chi connectivity index (χ4v) is 3.00. The van der Waals surface area contributed by atoms with Gasteiger partial charge in [0.2, 0.25) is 5.91 Å². The number of benzene rings is 1. The molecule has 5 heteroatoms. The van der Waals surface area contributed by atoms with Crippen molar-refractivity contribution in [1.82, 2.24) is 5.32 Å². The predicted molar refractivity (Wildman–Crippen MR) is 85.1 cm³/mol. The SMILES string of the molecule is C[C@H](NC(=O)CCOC[C@@H]1CCCO1)c1ccccc1Br. The van der Waals surface area contributed by atoms with Gasteiger partial charge in [-0.3, -0.25) is 4.79 Å². The number of hydrogen-bond donors (Lipinski definition) is 1. The third-order valence-electron chi connectivity index (χ3n) is 3.55. The monoisotopic (exact) mass is 355 g/mol. The lowest BCUT2D eigenvalue weighted by molar-refractivity contribution is -0.123. The lowest BCUT2D eigenvalue weighted by atomic mass is 10.1. The number of carbonyl (C=O) groups is 1. The molecule has 0 bridgehead atoms. The van der Waals surface area contributed by atoms with E-state index in [-0.39, 0.29) is 18.1 Å². The zero-order valence-electron chi connectivity index (χ0n) is 12.3. The van der Waals surface area contributed by atoms with Crippen LogP contribution in [0.5, 0.6) is 0 Å². The van der Waals surface area contributed by atoms with Gasteiger partial charge in [-0.15, -0.1) is 0 Å². The molecule has 0 aliphatic carbocycles. The zero-order chi connectivity index (χ0) is 15.1. The molecule has 1 amide bonds. The van der Waals surface area contributed by atoms with Gasteiger partial charge < -0.3 is 14.8 Å². The maximum Gasteiger partial charge on any atom is 0.222 e. The minimum Gasteiger partial charge on any atom is -0.378 e. The summed E-state index contributed by atoms with van der Waals surface area (Å²) in [5, 5.41) is 2.99. The van der Waals surface area contributed by atoms with E-state index < -0.39 is 0 Å². The van der Waals surface area contributed by atoms with Crippen LogP contribution in [0.2, 0.25) is 0 Å². The molecule has 2 rings (SSSR count). The Labute approximate surface area is 134 Å². The van der Waals surface area contributed by atoms with Crippen molar-refractivity contribution >= 4 is 21.8 Å². The van der Waals surface area contributed by atoms with Crippen LogP contribution in [0.15, 0.2) is 28.7 Å². The summed E-state index contributed by atoms with van der Waals surface area (Å²) in [4.78, 5) is 11.9. The van der Waals surface area contributed by atoms with Gasteiger partial charge >= 0.3 is 0 Å². The van der Waals surface area contributed by atoms with Gasteiger partial charge in [0.25, 0.3) is 0 Å². The highest BCUT2D eigenvalue weighted by molar-refractivity contribution is 9.10. The molecule has 0 unspecified atom stereocenters. The standard InChI is InChI=1S/C16H22BrNO3/c1-12(14-6-2-3-7-15(14)17)18-16(19)8-10-20-11-13-5-4-9-21-13/h2-3,6-7,12-13H,4-5,8-11H2,1H3,(H,18,19)/t12-,13-/m0/s1. The molecule has 1 aromatic carbocycles. The number of hydrogen-bond acceptors (Lipinski definition) is 3. The van der Waals surface area contributed by atoms with E-state index in [1.165, 1.54) is 0 Å². The molecule has 1 aliphatic heterocycles. The molecule has 1 aliphatic rings. The molecular formula is C16H22BrNO3. The Morgan fingerprint density at radius 3 is 3.05 bits per heavy atom. The summed E-state index contributed by atoms with van der Waals surface area (Å²) in [5.41, 5.74) is 1.08. The molecule has 0 saturated carbocycles. The van der Waals surface area contributed by atoms with Crippen LogP contribution < -0.4 is 5.32 Å². The summed E-state index contributed by atoms with van der Waals surface area (Å²) in [7, 11) is 0. The molecule has 116 valence electrons. The fourth-order valence-electron chi connectivity index (χ4n) is 2.37. The van der Waals surface area contributed by atoms with Crippen LogP contribution in [0.4, 0.5) is 0 Å². The van der Waals surface area contributed by atoms with Gasteiger partial charge in [0, 0.05) is 17.5 Å². The number of halogens is 1. The van der Waals surface area contributed by atoms with E-state index in [1.807, 2.05) is 31.2 Å². The molecule has 1 fully saturated rings. The second kappa shape index (κ2) is 8.51. The summed E-state index contributed by atoms with van der Waals surface area (Å²) in [6.45, 7) is 3.84. The highest BCUT2D eigenvalue weighted by atomic mass is 79.9. The van der Waals surface area contributed by atoms with E-state index in [0.717, 1.165) is 29.5 Å². The number of ether oxygens (including phenoxy) is 2. The maximum atomic E-state index is 11.9. The lowest BCUT2D eigenvalue weighted by Crippen LogP contribution is -2.28. The molecule has 2 atom stereocenters. The number of amides is 1. The Kier molecular flexibility index (Phi) is 6.67. The quantitative estimate of drug-likeness (QED) is 0.764. The smallest absolute Gasteiger partial charge is 0.222 e. The van der Waals surface area contributed by atoms with Crippen LogP contribution in [0.25, 0.3) is 0 Å². The summed E-state index contributed by atoms with van der Waals surface area (Å²) < 4.78 is 12.0. The predicted octanol–water partition coefficient (Wildman–Crippen LogP) is 3.21. The van der Waals surface area contributed by atoms with Crippen molar-refractivity contribution in [2.45, 2.75) is 38.3 Å². The summed E-state index contributed by atoms with van der Waals surface area (Å²) >= 11 is 3.50. The first kappa shape index (κ1) is 16.5. The van der Waals surface area contributed by atoms with Gasteiger partial charge in [-0.25, -0.2) is 0 Å². The van der Waals surface area contributed by atoms with Crippen molar-refractivity contribution in [1.29, 1.82) is 0 Å². The first-order valence-corrected chi connectivity index (χ1v) is 8.19. The molecule has 0 spiro atoms. The Morgan fingerprint density at radius 2 is 2.33 bits per heavy atom. The first-order chi connectivity index (χ1) is 10.2. The minimum absolute atomic E-state index is 0.00518. The van der Waals surface area contributed by atoms with Gasteiger partial charge in [0.1, 0.15) is 0 Å². The molecule has 1 saturated heterocycles. The van der Waals surface area contributed by atoms with E-state index in [0.29, 0.717) is 19.6 Å². The Hall–Kier alpha value is -0.910. The second-order valence-corrected chi connectivity index (χ2v) is 6.12. The van der Waals surface area contributed by atoms with Gasteiger partial charge in [-0.05, 0) is 31.4 Å². The largest absolute Gasteiger partial charge is 0.378 e. The van der Waals surface area contributed by atoms with Gasteiger partial charge in [0.15, 0.2) is 0 Å². The summed E-state index contributed by atoms with van der Waals surface area (Å²) in [6, 6.07) is 7.88. The van der Waals surface area contributed by atoms with E-state index in [4.69, 9.17) is 9.47 Å². The molecule has 1 heterocycles. The fraction of sp³-hybridized carbons (Fsp3) is 0.562.